The van der Waals surface area contributed by atoms with Crippen LogP contribution in [0.4, 0.5) is 10.5 Å². The summed E-state index contributed by atoms with van der Waals surface area (Å²) in [4.78, 5) is 37.9. The highest BCUT2D eigenvalue weighted by Crippen LogP contribution is 2.15. The number of aliphatic hydroxyl groups is 1. The lowest BCUT2D eigenvalue weighted by Crippen LogP contribution is -2.51. The summed E-state index contributed by atoms with van der Waals surface area (Å²) in [6.45, 7) is 0.203. The highest BCUT2D eigenvalue weighted by molar-refractivity contribution is 5.85. The smallest absolute Gasteiger partial charge is 0.334 e. The van der Waals surface area contributed by atoms with Gasteiger partial charge < -0.3 is 20.1 Å². The fourth-order valence-corrected chi connectivity index (χ4v) is 3.44. The van der Waals surface area contributed by atoms with Gasteiger partial charge in [-0.1, -0.05) is 60.7 Å². The van der Waals surface area contributed by atoms with Gasteiger partial charge in [0.2, 0.25) is 0 Å². The first-order chi connectivity index (χ1) is 17.0. The number of hydrogen-bond donors (Lipinski definition) is 2. The van der Waals surface area contributed by atoms with E-state index in [0.717, 1.165) is 5.56 Å². The highest BCUT2D eigenvalue weighted by atomic mass is 16.6. The Labute approximate surface area is 203 Å². The molecule has 0 saturated heterocycles. The van der Waals surface area contributed by atoms with E-state index >= 15 is 0 Å². The molecule has 0 bridgehead atoms. The van der Waals surface area contributed by atoms with Crippen LogP contribution < -0.4 is 10.1 Å². The van der Waals surface area contributed by atoms with Crippen LogP contribution >= 0.6 is 0 Å². The van der Waals surface area contributed by atoms with Gasteiger partial charge in [0.25, 0.3) is 5.69 Å². The number of nitrogens with zero attached hydrogens (tertiary/aromatic N) is 2. The topological polar surface area (TPSA) is 122 Å². The summed E-state index contributed by atoms with van der Waals surface area (Å²) in [5.41, 5.74) is 1.58. The molecule has 1 atom stereocenters. The molecule has 0 aliphatic carbocycles. The van der Waals surface area contributed by atoms with Crippen LogP contribution in [0.2, 0.25) is 0 Å². The van der Waals surface area contributed by atoms with Gasteiger partial charge in [-0.25, -0.2) is 9.59 Å². The van der Waals surface area contributed by atoms with E-state index in [0.29, 0.717) is 24.3 Å². The molecule has 3 aromatic rings. The zero-order valence-electron chi connectivity index (χ0n) is 19.1. The second-order valence-electron chi connectivity index (χ2n) is 7.81. The van der Waals surface area contributed by atoms with Crippen molar-refractivity contribution >= 4 is 17.7 Å². The summed E-state index contributed by atoms with van der Waals surface area (Å²) in [7, 11) is 0. The van der Waals surface area contributed by atoms with Crippen LogP contribution in [-0.2, 0) is 17.6 Å². The minimum absolute atomic E-state index is 0.0705. The second kappa shape index (κ2) is 12.9. The molecule has 1 unspecified atom stereocenters. The van der Waals surface area contributed by atoms with E-state index in [1.807, 2.05) is 30.3 Å². The number of hydrogen-bond acceptors (Lipinski definition) is 6. The van der Waals surface area contributed by atoms with Gasteiger partial charge in [0.1, 0.15) is 11.8 Å². The van der Waals surface area contributed by atoms with Crippen molar-refractivity contribution in [2.24, 2.45) is 0 Å². The number of urea groups is 1. The molecule has 0 spiro atoms. The molecule has 0 heterocycles. The van der Waals surface area contributed by atoms with E-state index in [9.17, 15) is 24.8 Å². The molecule has 2 N–H and O–H groups in total. The lowest BCUT2D eigenvalue weighted by Gasteiger charge is -2.25. The lowest BCUT2D eigenvalue weighted by molar-refractivity contribution is -0.384. The van der Waals surface area contributed by atoms with E-state index in [1.54, 1.807) is 30.3 Å². The number of para-hydroxylation sites is 1. The summed E-state index contributed by atoms with van der Waals surface area (Å²) in [5, 5.41) is 23.1. The molecule has 0 fully saturated rings. The van der Waals surface area contributed by atoms with Crippen LogP contribution in [0.5, 0.6) is 5.75 Å². The van der Waals surface area contributed by atoms with Crippen LogP contribution in [0.25, 0.3) is 0 Å². The number of nitrogens with one attached hydrogen (secondary N) is 1. The van der Waals surface area contributed by atoms with Crippen LogP contribution in [-0.4, -0.2) is 52.7 Å². The highest BCUT2D eigenvalue weighted by Gasteiger charge is 2.26. The van der Waals surface area contributed by atoms with E-state index in [2.05, 4.69) is 5.32 Å². The third kappa shape index (κ3) is 7.94. The summed E-state index contributed by atoms with van der Waals surface area (Å²) < 4.78 is 5.45. The van der Waals surface area contributed by atoms with E-state index < -0.39 is 23.0 Å². The molecule has 9 nitrogen and oxygen atoms in total. The van der Waals surface area contributed by atoms with Gasteiger partial charge in [-0.3, -0.25) is 10.1 Å². The van der Waals surface area contributed by atoms with Gasteiger partial charge in [0, 0.05) is 31.6 Å². The number of nitro groups is 1. The van der Waals surface area contributed by atoms with Crippen molar-refractivity contribution in [3.05, 3.63) is 106 Å². The Kier molecular flexibility index (Phi) is 9.32. The molecule has 35 heavy (non-hydrogen) atoms. The van der Waals surface area contributed by atoms with Gasteiger partial charge >= 0.3 is 12.0 Å². The molecule has 0 aliphatic rings. The van der Waals surface area contributed by atoms with E-state index in [4.69, 9.17) is 4.74 Å². The fraction of sp³-hybridized carbons (Fsp3) is 0.231. The standard InChI is InChI=1S/C26H27N3O6/c30-18-17-28(16-15-20-7-3-1-4-8-20)26(32)27-24(25(31)35-23-9-5-2-6-10-23)19-21-11-13-22(14-12-21)29(33)34/h1-14,24,30H,15-19H2,(H,27,32). The van der Waals surface area contributed by atoms with Crippen LogP contribution in [0, 0.1) is 10.1 Å². The van der Waals surface area contributed by atoms with Gasteiger partial charge in [-0.05, 0) is 29.7 Å². The van der Waals surface area contributed by atoms with Crippen molar-refractivity contribution in [1.29, 1.82) is 0 Å². The van der Waals surface area contributed by atoms with Gasteiger partial charge in [-0.2, -0.15) is 0 Å². The van der Waals surface area contributed by atoms with Crippen molar-refractivity contribution in [2.45, 2.75) is 18.9 Å². The average Bonchev–Trinajstić information content (AvgIpc) is 2.87. The SMILES string of the molecule is O=C(Oc1ccccc1)C(Cc1ccc([N+](=O)[O-])cc1)NC(=O)N(CCO)CCc1ccccc1. The molecule has 3 rings (SSSR count). The molecule has 0 aromatic heterocycles. The fourth-order valence-electron chi connectivity index (χ4n) is 3.44. The molecule has 182 valence electrons. The average molecular weight is 478 g/mol. The Balaban J connectivity index is 1.74. The molecular weight excluding hydrogens is 450 g/mol. The third-order valence-electron chi connectivity index (χ3n) is 5.30. The number of rotatable bonds is 11. The van der Waals surface area contributed by atoms with Crippen molar-refractivity contribution in [1.82, 2.24) is 10.2 Å². The van der Waals surface area contributed by atoms with Crippen molar-refractivity contribution < 1.29 is 24.4 Å². The van der Waals surface area contributed by atoms with Crippen molar-refractivity contribution in [2.75, 3.05) is 19.7 Å². The van der Waals surface area contributed by atoms with Crippen LogP contribution in [0.1, 0.15) is 11.1 Å². The number of carbonyl (C=O) groups excluding carboxylic acids is 2. The van der Waals surface area contributed by atoms with Crippen LogP contribution in [0.15, 0.2) is 84.9 Å². The van der Waals surface area contributed by atoms with Gasteiger partial charge in [-0.15, -0.1) is 0 Å². The first kappa shape index (κ1) is 25.4. The third-order valence-corrected chi connectivity index (χ3v) is 5.30. The maximum atomic E-state index is 13.1. The minimum atomic E-state index is -1.05. The summed E-state index contributed by atoms with van der Waals surface area (Å²) >= 11 is 0. The largest absolute Gasteiger partial charge is 0.425 e. The zero-order valence-corrected chi connectivity index (χ0v) is 19.1. The Morgan fingerprint density at radius 3 is 2.14 bits per heavy atom. The summed E-state index contributed by atoms with van der Waals surface area (Å²) in [5.74, 6) is -0.341. The normalized spacial score (nSPS) is 11.3. The molecule has 3 aromatic carbocycles. The minimum Gasteiger partial charge on any atom is -0.425 e. The molecule has 9 heteroatoms. The molecular formula is C26H27N3O6. The lowest BCUT2D eigenvalue weighted by atomic mass is 10.1. The van der Waals surface area contributed by atoms with Gasteiger partial charge in [0.05, 0.1) is 11.5 Å². The summed E-state index contributed by atoms with van der Waals surface area (Å²) in [6.07, 6.45) is 0.650. The zero-order chi connectivity index (χ0) is 25.0. The number of ether oxygens (including phenoxy) is 1. The molecule has 0 saturated carbocycles. The number of non-ortho nitro benzene ring substituents is 1. The maximum absolute atomic E-state index is 13.1. The number of benzene rings is 3. The van der Waals surface area contributed by atoms with Crippen LogP contribution in [0.3, 0.4) is 0 Å². The number of nitro benzene ring substituents is 1. The van der Waals surface area contributed by atoms with Gasteiger partial charge in [0.15, 0.2) is 0 Å². The van der Waals surface area contributed by atoms with E-state index in [1.165, 1.54) is 29.2 Å². The van der Waals surface area contributed by atoms with Crippen molar-refractivity contribution in [3.63, 3.8) is 0 Å². The number of carbonyl (C=O) groups is 2. The predicted octanol–water partition coefficient (Wildman–Crippen LogP) is 3.36. The monoisotopic (exact) mass is 477 g/mol. The van der Waals surface area contributed by atoms with Crippen molar-refractivity contribution in [3.8, 4) is 5.75 Å². The van der Waals surface area contributed by atoms with E-state index in [-0.39, 0.29) is 25.3 Å². The Hall–Kier alpha value is -4.24. The Morgan fingerprint density at radius 1 is 0.914 bits per heavy atom. The predicted molar refractivity (Wildman–Crippen MR) is 130 cm³/mol. The first-order valence-corrected chi connectivity index (χ1v) is 11.2. The first-order valence-electron chi connectivity index (χ1n) is 11.2. The molecule has 0 aliphatic heterocycles. The quantitative estimate of drug-likeness (QED) is 0.189. The molecule has 2 amide bonds. The number of amides is 2. The number of esters is 1. The number of aliphatic hydroxyl groups excluding tert-OH is 1. The maximum Gasteiger partial charge on any atom is 0.334 e. The second-order valence-corrected chi connectivity index (χ2v) is 7.81. The Morgan fingerprint density at radius 2 is 1.54 bits per heavy atom. The Bertz CT molecular complexity index is 1110. The molecule has 0 radical (unpaired) electrons. The summed E-state index contributed by atoms with van der Waals surface area (Å²) in [6, 6.07) is 22.3.